The van der Waals surface area contributed by atoms with E-state index in [-0.39, 0.29) is 11.5 Å². The fourth-order valence-electron chi connectivity index (χ4n) is 3.52. The number of carbonyl (C=O) groups is 1. The highest BCUT2D eigenvalue weighted by Gasteiger charge is 2.41. The van der Waals surface area contributed by atoms with Crippen molar-refractivity contribution in [3.8, 4) is 0 Å². The number of hydrogen-bond donors (Lipinski definition) is 0. The molecule has 0 N–H and O–H groups in total. The highest BCUT2D eigenvalue weighted by molar-refractivity contribution is 5.83. The summed E-state index contributed by atoms with van der Waals surface area (Å²) in [4.78, 5) is 16.5. The predicted molar refractivity (Wildman–Crippen MR) is 72.8 cm³/mol. The number of rotatable bonds is 3. The lowest BCUT2D eigenvalue weighted by atomic mass is 9.81. The summed E-state index contributed by atoms with van der Waals surface area (Å²) in [6, 6.07) is 3.88. The van der Waals surface area contributed by atoms with E-state index in [2.05, 4.69) is 4.98 Å². The van der Waals surface area contributed by atoms with Gasteiger partial charge in [-0.25, -0.2) is 0 Å². The number of ether oxygens (including phenoxy) is 1. The number of pyridine rings is 1. The maximum atomic E-state index is 12.4. The van der Waals surface area contributed by atoms with Gasteiger partial charge < -0.3 is 4.74 Å². The van der Waals surface area contributed by atoms with E-state index in [0.29, 0.717) is 12.2 Å². The Morgan fingerprint density at radius 2 is 2.26 bits per heavy atom. The summed E-state index contributed by atoms with van der Waals surface area (Å²) in [5.74, 6) is 0.551. The number of ketones is 1. The molecule has 1 unspecified atom stereocenters. The molecule has 1 aliphatic heterocycles. The molecule has 1 aliphatic carbocycles. The molecule has 102 valence electrons. The second kappa shape index (κ2) is 5.41. The van der Waals surface area contributed by atoms with Gasteiger partial charge in [-0.15, -0.1) is 0 Å². The van der Waals surface area contributed by atoms with Crippen LogP contribution in [-0.2, 0) is 16.0 Å². The number of aromatic nitrogens is 1. The van der Waals surface area contributed by atoms with Crippen molar-refractivity contribution in [1.29, 1.82) is 0 Å². The van der Waals surface area contributed by atoms with Crippen LogP contribution in [0.15, 0.2) is 24.5 Å². The summed E-state index contributed by atoms with van der Waals surface area (Å²) in [5.41, 5.74) is 1.06. The van der Waals surface area contributed by atoms with Crippen molar-refractivity contribution in [2.75, 3.05) is 6.61 Å². The van der Waals surface area contributed by atoms with Gasteiger partial charge in [0, 0.05) is 31.3 Å². The summed E-state index contributed by atoms with van der Waals surface area (Å²) in [6.07, 6.45) is 10.7. The Morgan fingerprint density at radius 1 is 1.42 bits per heavy atom. The van der Waals surface area contributed by atoms with Gasteiger partial charge in [0.15, 0.2) is 0 Å². The van der Waals surface area contributed by atoms with Gasteiger partial charge in [0.25, 0.3) is 0 Å². The third-order valence-corrected chi connectivity index (χ3v) is 4.56. The molecule has 2 aliphatic rings. The molecule has 0 aromatic carbocycles. The van der Waals surface area contributed by atoms with Gasteiger partial charge in [0.2, 0.25) is 0 Å². The third kappa shape index (κ3) is 2.86. The van der Waals surface area contributed by atoms with Crippen molar-refractivity contribution < 1.29 is 9.53 Å². The van der Waals surface area contributed by atoms with Crippen LogP contribution in [0, 0.1) is 5.92 Å². The van der Waals surface area contributed by atoms with Crippen molar-refractivity contribution in [3.05, 3.63) is 30.1 Å². The topological polar surface area (TPSA) is 39.2 Å². The molecule has 0 bridgehead atoms. The van der Waals surface area contributed by atoms with E-state index in [4.69, 9.17) is 4.74 Å². The first kappa shape index (κ1) is 12.8. The molecular formula is C16H21NO2. The Balaban J connectivity index is 1.63. The van der Waals surface area contributed by atoms with Crippen molar-refractivity contribution in [2.24, 2.45) is 5.92 Å². The maximum Gasteiger partial charge on any atom is 0.140 e. The van der Waals surface area contributed by atoms with E-state index in [0.717, 1.165) is 37.9 Å². The minimum Gasteiger partial charge on any atom is -0.375 e. The molecule has 1 saturated heterocycles. The van der Waals surface area contributed by atoms with E-state index >= 15 is 0 Å². The average Bonchev–Trinajstić information content (AvgIpc) is 2.88. The summed E-state index contributed by atoms with van der Waals surface area (Å²) >= 11 is 0. The highest BCUT2D eigenvalue weighted by Crippen LogP contribution is 2.42. The standard InChI is InChI=1S/C16H21NO2/c18-15(10-13-4-3-8-17-12-13)14-5-9-19-16(11-14)6-1-2-7-16/h3-4,8,12,14H,1-2,5-7,9-11H2. The lowest BCUT2D eigenvalue weighted by molar-refractivity contribution is -0.135. The van der Waals surface area contributed by atoms with E-state index in [9.17, 15) is 4.79 Å². The quantitative estimate of drug-likeness (QED) is 0.837. The Hall–Kier alpha value is -1.22. The highest BCUT2D eigenvalue weighted by atomic mass is 16.5. The van der Waals surface area contributed by atoms with Gasteiger partial charge >= 0.3 is 0 Å². The Morgan fingerprint density at radius 3 is 3.00 bits per heavy atom. The Labute approximate surface area is 114 Å². The first-order chi connectivity index (χ1) is 9.27. The fraction of sp³-hybridized carbons (Fsp3) is 0.625. The minimum absolute atomic E-state index is 0.0352. The normalized spacial score (nSPS) is 25.6. The third-order valence-electron chi connectivity index (χ3n) is 4.56. The average molecular weight is 259 g/mol. The van der Waals surface area contributed by atoms with Crippen molar-refractivity contribution in [3.63, 3.8) is 0 Å². The second-order valence-corrected chi connectivity index (χ2v) is 5.93. The number of nitrogens with zero attached hydrogens (tertiary/aromatic N) is 1. The van der Waals surface area contributed by atoms with Crippen LogP contribution in [0.1, 0.15) is 44.1 Å². The summed E-state index contributed by atoms with van der Waals surface area (Å²) in [7, 11) is 0. The van der Waals surface area contributed by atoms with Crippen molar-refractivity contribution in [2.45, 2.75) is 50.5 Å². The van der Waals surface area contributed by atoms with Gasteiger partial charge in [0.05, 0.1) is 5.60 Å². The van der Waals surface area contributed by atoms with Crippen LogP contribution < -0.4 is 0 Å². The lowest BCUT2D eigenvalue weighted by Gasteiger charge is -2.37. The zero-order valence-corrected chi connectivity index (χ0v) is 11.3. The molecule has 1 saturated carbocycles. The molecule has 1 aromatic rings. The first-order valence-electron chi connectivity index (χ1n) is 7.33. The van der Waals surface area contributed by atoms with Crippen LogP contribution in [0.2, 0.25) is 0 Å². The van der Waals surface area contributed by atoms with Gasteiger partial charge in [0.1, 0.15) is 5.78 Å². The maximum absolute atomic E-state index is 12.4. The number of carbonyl (C=O) groups excluding carboxylic acids is 1. The second-order valence-electron chi connectivity index (χ2n) is 5.93. The largest absolute Gasteiger partial charge is 0.375 e. The molecule has 19 heavy (non-hydrogen) atoms. The van der Waals surface area contributed by atoms with E-state index < -0.39 is 0 Å². The molecular weight excluding hydrogens is 238 g/mol. The molecule has 1 aromatic heterocycles. The molecule has 1 spiro atoms. The molecule has 1 atom stereocenters. The van der Waals surface area contributed by atoms with Crippen LogP contribution in [0.5, 0.6) is 0 Å². The smallest absolute Gasteiger partial charge is 0.140 e. The minimum atomic E-state index is 0.0352. The molecule has 3 rings (SSSR count). The Kier molecular flexibility index (Phi) is 3.65. The zero-order valence-electron chi connectivity index (χ0n) is 11.3. The van der Waals surface area contributed by atoms with Gasteiger partial charge in [-0.2, -0.15) is 0 Å². The van der Waals surface area contributed by atoms with Gasteiger partial charge in [-0.3, -0.25) is 9.78 Å². The number of hydrogen-bond acceptors (Lipinski definition) is 3. The summed E-state index contributed by atoms with van der Waals surface area (Å²) in [6.45, 7) is 0.753. The summed E-state index contributed by atoms with van der Waals surface area (Å²) in [5, 5.41) is 0. The fourth-order valence-corrected chi connectivity index (χ4v) is 3.52. The Bertz CT molecular complexity index is 437. The van der Waals surface area contributed by atoms with Crippen LogP contribution in [0.3, 0.4) is 0 Å². The van der Waals surface area contributed by atoms with Crippen LogP contribution in [-0.4, -0.2) is 23.0 Å². The molecule has 3 heteroatoms. The SMILES string of the molecule is O=C(Cc1cccnc1)C1CCOC2(CCCC2)C1. The number of Topliss-reactive ketones (excluding diaryl/α,β-unsaturated/α-hetero) is 1. The monoisotopic (exact) mass is 259 g/mol. The van der Waals surface area contributed by atoms with E-state index in [1.807, 2.05) is 12.1 Å². The van der Waals surface area contributed by atoms with E-state index in [1.54, 1.807) is 12.4 Å². The molecule has 2 fully saturated rings. The van der Waals surface area contributed by atoms with Gasteiger partial charge in [-0.05, 0) is 37.3 Å². The molecule has 3 nitrogen and oxygen atoms in total. The van der Waals surface area contributed by atoms with Crippen LogP contribution in [0.4, 0.5) is 0 Å². The predicted octanol–water partition coefficient (Wildman–Crippen LogP) is 2.93. The van der Waals surface area contributed by atoms with Gasteiger partial charge in [-0.1, -0.05) is 18.9 Å². The van der Waals surface area contributed by atoms with Crippen molar-refractivity contribution in [1.82, 2.24) is 4.98 Å². The lowest BCUT2D eigenvalue weighted by Crippen LogP contribution is -2.40. The van der Waals surface area contributed by atoms with Crippen LogP contribution >= 0.6 is 0 Å². The van der Waals surface area contributed by atoms with Crippen molar-refractivity contribution >= 4 is 5.78 Å². The van der Waals surface area contributed by atoms with Crippen LogP contribution in [0.25, 0.3) is 0 Å². The molecule has 2 heterocycles. The van der Waals surface area contributed by atoms with E-state index in [1.165, 1.54) is 12.8 Å². The summed E-state index contributed by atoms with van der Waals surface area (Å²) < 4.78 is 5.99. The molecule has 0 amide bonds. The first-order valence-corrected chi connectivity index (χ1v) is 7.33. The zero-order chi connectivity index (χ0) is 13.1. The molecule has 0 radical (unpaired) electrons.